The fourth-order valence-corrected chi connectivity index (χ4v) is 2.64. The van der Waals surface area contributed by atoms with Crippen molar-refractivity contribution in [2.45, 2.75) is 64.5 Å². The molecule has 102 valence electrons. The van der Waals surface area contributed by atoms with E-state index >= 15 is 0 Å². The van der Waals surface area contributed by atoms with E-state index in [1.54, 1.807) is 0 Å². The van der Waals surface area contributed by atoms with Crippen LogP contribution in [0.3, 0.4) is 0 Å². The van der Waals surface area contributed by atoms with Crippen LogP contribution in [0.1, 0.15) is 52.4 Å². The van der Waals surface area contributed by atoms with E-state index in [0.717, 1.165) is 19.4 Å². The van der Waals surface area contributed by atoms with Crippen molar-refractivity contribution < 1.29 is 9.84 Å². The number of aliphatic hydroxyl groups is 1. The molecule has 0 bridgehead atoms. The Bertz CT molecular complexity index is 188. The zero-order valence-corrected chi connectivity index (χ0v) is 11.7. The second kappa shape index (κ2) is 7.34. The van der Waals surface area contributed by atoms with Crippen molar-refractivity contribution in [1.82, 2.24) is 5.32 Å². The number of hydrogen-bond acceptors (Lipinski definition) is 3. The Morgan fingerprint density at radius 1 is 1.18 bits per heavy atom. The average molecular weight is 243 g/mol. The summed E-state index contributed by atoms with van der Waals surface area (Å²) in [6.45, 7) is 5.58. The number of rotatable bonds is 7. The van der Waals surface area contributed by atoms with Crippen molar-refractivity contribution in [3.05, 3.63) is 0 Å². The minimum atomic E-state index is 0.0815. The highest BCUT2D eigenvalue weighted by atomic mass is 16.5. The van der Waals surface area contributed by atoms with Crippen LogP contribution in [0.2, 0.25) is 0 Å². The SMILES string of the molecule is CCC(CC)(CO)CNC1CCC(OC)CC1. The van der Waals surface area contributed by atoms with Gasteiger partial charge < -0.3 is 15.2 Å². The van der Waals surface area contributed by atoms with Gasteiger partial charge in [0.25, 0.3) is 0 Å². The molecule has 1 saturated carbocycles. The number of ether oxygens (including phenoxy) is 1. The fraction of sp³-hybridized carbons (Fsp3) is 1.00. The second-order valence-electron chi connectivity index (χ2n) is 5.46. The van der Waals surface area contributed by atoms with Crippen LogP contribution >= 0.6 is 0 Å². The van der Waals surface area contributed by atoms with Gasteiger partial charge in [-0.3, -0.25) is 0 Å². The molecule has 0 heterocycles. The predicted octanol–water partition coefficient (Wildman–Crippen LogP) is 2.33. The topological polar surface area (TPSA) is 41.5 Å². The molecule has 0 unspecified atom stereocenters. The Labute approximate surface area is 106 Å². The van der Waals surface area contributed by atoms with Crippen molar-refractivity contribution in [2.75, 3.05) is 20.3 Å². The Morgan fingerprint density at radius 2 is 1.76 bits per heavy atom. The molecular weight excluding hydrogens is 214 g/mol. The summed E-state index contributed by atoms with van der Waals surface area (Å²) in [6.07, 6.45) is 7.28. The van der Waals surface area contributed by atoms with Gasteiger partial charge in [0.1, 0.15) is 0 Å². The molecule has 3 nitrogen and oxygen atoms in total. The van der Waals surface area contributed by atoms with E-state index in [9.17, 15) is 5.11 Å². The standard InChI is InChI=1S/C14H29NO2/c1-4-14(5-2,11-16)10-15-12-6-8-13(17-3)9-7-12/h12-13,15-16H,4-11H2,1-3H3. The Morgan fingerprint density at radius 3 is 2.18 bits per heavy atom. The third-order valence-electron chi connectivity index (χ3n) is 4.61. The lowest BCUT2D eigenvalue weighted by Crippen LogP contribution is -2.43. The van der Waals surface area contributed by atoms with Crippen LogP contribution in [0.25, 0.3) is 0 Å². The number of methoxy groups -OCH3 is 1. The largest absolute Gasteiger partial charge is 0.396 e. The Kier molecular flexibility index (Phi) is 6.45. The van der Waals surface area contributed by atoms with Gasteiger partial charge >= 0.3 is 0 Å². The van der Waals surface area contributed by atoms with E-state index in [0.29, 0.717) is 18.8 Å². The normalized spacial score (nSPS) is 26.1. The van der Waals surface area contributed by atoms with Crippen LogP contribution in [0, 0.1) is 5.41 Å². The summed E-state index contributed by atoms with van der Waals surface area (Å²) in [5.41, 5.74) is 0.0815. The second-order valence-corrected chi connectivity index (χ2v) is 5.46. The average Bonchev–Trinajstić information content (AvgIpc) is 2.41. The molecule has 1 aliphatic carbocycles. The van der Waals surface area contributed by atoms with Gasteiger partial charge in [0.2, 0.25) is 0 Å². The van der Waals surface area contributed by atoms with Crippen LogP contribution in [0.5, 0.6) is 0 Å². The van der Waals surface area contributed by atoms with Crippen LogP contribution in [0.15, 0.2) is 0 Å². The van der Waals surface area contributed by atoms with E-state index in [1.807, 2.05) is 7.11 Å². The van der Waals surface area contributed by atoms with Crippen molar-refractivity contribution in [1.29, 1.82) is 0 Å². The third kappa shape index (κ3) is 4.23. The Balaban J connectivity index is 2.31. The summed E-state index contributed by atoms with van der Waals surface area (Å²) in [4.78, 5) is 0. The molecule has 1 aliphatic rings. The number of hydrogen-bond donors (Lipinski definition) is 2. The summed E-state index contributed by atoms with van der Waals surface area (Å²) in [5.74, 6) is 0. The zero-order chi connectivity index (χ0) is 12.7. The third-order valence-corrected chi connectivity index (χ3v) is 4.61. The molecular formula is C14H29NO2. The molecule has 0 radical (unpaired) electrons. The van der Waals surface area contributed by atoms with E-state index < -0.39 is 0 Å². The maximum atomic E-state index is 9.53. The summed E-state index contributed by atoms with van der Waals surface area (Å²) in [6, 6.07) is 0.616. The summed E-state index contributed by atoms with van der Waals surface area (Å²) < 4.78 is 5.38. The lowest BCUT2D eigenvalue weighted by atomic mass is 9.82. The maximum absolute atomic E-state index is 9.53. The summed E-state index contributed by atoms with van der Waals surface area (Å²) in [7, 11) is 1.81. The molecule has 1 rings (SSSR count). The molecule has 0 saturated heterocycles. The molecule has 0 aromatic carbocycles. The van der Waals surface area contributed by atoms with Gasteiger partial charge in [-0.2, -0.15) is 0 Å². The zero-order valence-electron chi connectivity index (χ0n) is 11.7. The van der Waals surface area contributed by atoms with Crippen molar-refractivity contribution in [3.8, 4) is 0 Å². The highest BCUT2D eigenvalue weighted by molar-refractivity contribution is 4.83. The lowest BCUT2D eigenvalue weighted by Gasteiger charge is -2.34. The van der Waals surface area contributed by atoms with Gasteiger partial charge in [-0.25, -0.2) is 0 Å². The smallest absolute Gasteiger partial charge is 0.0572 e. The minimum Gasteiger partial charge on any atom is -0.396 e. The first-order chi connectivity index (χ1) is 8.19. The van der Waals surface area contributed by atoms with E-state index in [-0.39, 0.29) is 5.41 Å². The molecule has 0 aromatic heterocycles. The van der Waals surface area contributed by atoms with Crippen LogP contribution in [-0.4, -0.2) is 37.5 Å². The quantitative estimate of drug-likeness (QED) is 0.721. The lowest BCUT2D eigenvalue weighted by molar-refractivity contribution is 0.0570. The highest BCUT2D eigenvalue weighted by Gasteiger charge is 2.27. The van der Waals surface area contributed by atoms with Gasteiger partial charge in [-0.1, -0.05) is 13.8 Å². The van der Waals surface area contributed by atoms with Crippen LogP contribution in [-0.2, 0) is 4.74 Å². The molecule has 3 heteroatoms. The van der Waals surface area contributed by atoms with E-state index in [1.165, 1.54) is 25.7 Å². The van der Waals surface area contributed by atoms with E-state index in [2.05, 4.69) is 19.2 Å². The van der Waals surface area contributed by atoms with E-state index in [4.69, 9.17) is 4.74 Å². The van der Waals surface area contributed by atoms with Gasteiger partial charge in [0.05, 0.1) is 6.10 Å². The summed E-state index contributed by atoms with van der Waals surface area (Å²) >= 11 is 0. The van der Waals surface area contributed by atoms with Crippen molar-refractivity contribution in [2.24, 2.45) is 5.41 Å². The number of nitrogens with one attached hydrogen (secondary N) is 1. The first kappa shape index (κ1) is 14.9. The van der Waals surface area contributed by atoms with Crippen LogP contribution < -0.4 is 5.32 Å². The maximum Gasteiger partial charge on any atom is 0.0572 e. The molecule has 1 fully saturated rings. The molecule has 0 aromatic rings. The molecule has 0 amide bonds. The van der Waals surface area contributed by atoms with Crippen molar-refractivity contribution >= 4 is 0 Å². The molecule has 2 N–H and O–H groups in total. The first-order valence-electron chi connectivity index (χ1n) is 7.06. The Hall–Kier alpha value is -0.120. The molecule has 0 atom stereocenters. The monoisotopic (exact) mass is 243 g/mol. The minimum absolute atomic E-state index is 0.0815. The van der Waals surface area contributed by atoms with Gasteiger partial charge in [0, 0.05) is 31.7 Å². The van der Waals surface area contributed by atoms with Gasteiger partial charge in [-0.15, -0.1) is 0 Å². The van der Waals surface area contributed by atoms with Crippen LogP contribution in [0.4, 0.5) is 0 Å². The molecule has 17 heavy (non-hydrogen) atoms. The van der Waals surface area contributed by atoms with Crippen molar-refractivity contribution in [3.63, 3.8) is 0 Å². The summed E-state index contributed by atoms with van der Waals surface area (Å²) in [5, 5.41) is 13.2. The first-order valence-corrected chi connectivity index (χ1v) is 7.06. The molecule has 0 aliphatic heterocycles. The van der Waals surface area contributed by atoms with Gasteiger partial charge in [0.15, 0.2) is 0 Å². The predicted molar refractivity (Wildman–Crippen MR) is 71.2 cm³/mol. The fourth-order valence-electron chi connectivity index (χ4n) is 2.64. The highest BCUT2D eigenvalue weighted by Crippen LogP contribution is 2.26. The van der Waals surface area contributed by atoms with Gasteiger partial charge in [-0.05, 0) is 38.5 Å². The number of aliphatic hydroxyl groups excluding tert-OH is 1. The molecule has 0 spiro atoms.